The Hall–Kier alpha value is -2.55. The van der Waals surface area contributed by atoms with E-state index in [9.17, 15) is 23.5 Å². The molecule has 1 aromatic carbocycles. The average Bonchev–Trinajstić information content (AvgIpc) is 3.33. The van der Waals surface area contributed by atoms with Crippen LogP contribution in [-0.4, -0.2) is 73.1 Å². The van der Waals surface area contributed by atoms with Crippen molar-refractivity contribution in [3.05, 3.63) is 30.0 Å². The summed E-state index contributed by atoms with van der Waals surface area (Å²) in [6.07, 6.45) is 4.01. The second-order valence-electron chi connectivity index (χ2n) is 9.89. The Bertz CT molecular complexity index is 1070. The molecule has 4 saturated heterocycles. The van der Waals surface area contributed by atoms with Gasteiger partial charge in [0.2, 0.25) is 5.91 Å². The summed E-state index contributed by atoms with van der Waals surface area (Å²) in [7, 11) is 0. The highest BCUT2D eigenvalue weighted by Crippen LogP contribution is 2.51. The van der Waals surface area contributed by atoms with Gasteiger partial charge >= 0.3 is 0 Å². The number of halogens is 2. The molecule has 7 rings (SSSR count). The fourth-order valence-corrected chi connectivity index (χ4v) is 6.66. The largest absolute Gasteiger partial charge is 0.393 e. The highest BCUT2D eigenvalue weighted by atomic mass is 19.3. The van der Waals surface area contributed by atoms with Crippen molar-refractivity contribution >= 4 is 22.7 Å². The van der Waals surface area contributed by atoms with Crippen molar-refractivity contribution < 1.29 is 23.5 Å². The third-order valence-electron chi connectivity index (χ3n) is 8.07. The van der Waals surface area contributed by atoms with Gasteiger partial charge in [0.1, 0.15) is 6.04 Å². The van der Waals surface area contributed by atoms with Gasteiger partial charge in [0.15, 0.2) is 0 Å². The number of nitrogens with one attached hydrogen (secondary N) is 1. The van der Waals surface area contributed by atoms with Crippen LogP contribution in [0.5, 0.6) is 0 Å². The predicted octanol–water partition coefficient (Wildman–Crippen LogP) is 2.71. The summed E-state index contributed by atoms with van der Waals surface area (Å²) in [6, 6.07) is 3.01. The number of alkyl halides is 2. The predicted molar refractivity (Wildman–Crippen MR) is 111 cm³/mol. The van der Waals surface area contributed by atoms with Crippen LogP contribution in [0.15, 0.2) is 24.4 Å². The molecule has 5 atom stereocenters. The van der Waals surface area contributed by atoms with Crippen LogP contribution >= 0.6 is 0 Å². The third kappa shape index (κ3) is 2.89. The number of aliphatic hydroxyl groups is 1. The van der Waals surface area contributed by atoms with Crippen LogP contribution in [0.3, 0.4) is 0 Å². The minimum Gasteiger partial charge on any atom is -0.393 e. The summed E-state index contributed by atoms with van der Waals surface area (Å²) < 4.78 is 30.0. The molecule has 4 bridgehead atoms. The molecule has 5 heterocycles. The van der Waals surface area contributed by atoms with Crippen molar-refractivity contribution in [3.63, 3.8) is 0 Å². The van der Waals surface area contributed by atoms with E-state index in [2.05, 4.69) is 10.2 Å². The van der Waals surface area contributed by atoms with Gasteiger partial charge in [-0.15, -0.1) is 0 Å². The Kier molecular flexibility index (Phi) is 4.38. The summed E-state index contributed by atoms with van der Waals surface area (Å²) >= 11 is 0. The third-order valence-corrected chi connectivity index (χ3v) is 8.07. The number of benzene rings is 1. The molecular weight excluding hydrogens is 418 g/mol. The van der Waals surface area contributed by atoms with Crippen LogP contribution in [0, 0.1) is 5.92 Å². The van der Waals surface area contributed by atoms with E-state index in [1.165, 1.54) is 4.90 Å². The van der Waals surface area contributed by atoms with Gasteiger partial charge in [-0.25, -0.2) is 8.78 Å². The van der Waals surface area contributed by atoms with Gasteiger partial charge in [0.05, 0.1) is 23.7 Å². The molecule has 5 aliphatic rings. The second-order valence-corrected chi connectivity index (χ2v) is 9.89. The minimum atomic E-state index is -2.97. The standard InChI is InChI=1S/C23H26F2N4O3/c24-23(25)10-16-5-6-18(23)20(22(32)28-14-3-4-15(28)9-17(30)8-14)29(16)21(31)12-1-2-13-11-26-27-19(13)7-12/h1-2,7,11,14-18,20,30H,3-6,8-10H2,(H,26,27)/t14-,15-,16?,18?,20-/m0/s1. The molecule has 9 heteroatoms. The molecular formula is C23H26F2N4O3. The highest BCUT2D eigenvalue weighted by Gasteiger charge is 2.62. The Labute approximate surface area is 183 Å². The quantitative estimate of drug-likeness (QED) is 0.746. The first-order chi connectivity index (χ1) is 15.3. The summed E-state index contributed by atoms with van der Waals surface area (Å²) in [5.74, 6) is -4.89. The maximum absolute atomic E-state index is 15.0. The topological polar surface area (TPSA) is 89.5 Å². The second kappa shape index (κ2) is 6.97. The highest BCUT2D eigenvalue weighted by molar-refractivity contribution is 6.00. The van der Waals surface area contributed by atoms with E-state index in [0.717, 1.165) is 18.2 Å². The number of hydrogen-bond acceptors (Lipinski definition) is 4. The Morgan fingerprint density at radius 2 is 1.78 bits per heavy atom. The number of aliphatic hydroxyl groups excluding tert-OH is 1. The summed E-state index contributed by atoms with van der Waals surface area (Å²) in [5.41, 5.74) is 1.06. The molecule has 2 unspecified atom stereocenters. The van der Waals surface area contributed by atoms with Crippen LogP contribution in [0.2, 0.25) is 0 Å². The van der Waals surface area contributed by atoms with E-state index < -0.39 is 36.4 Å². The molecule has 2 aromatic rings. The molecule has 32 heavy (non-hydrogen) atoms. The zero-order valence-electron chi connectivity index (χ0n) is 17.6. The number of piperidine rings is 3. The van der Waals surface area contributed by atoms with Gasteiger partial charge in [-0.1, -0.05) is 6.07 Å². The van der Waals surface area contributed by atoms with Gasteiger partial charge in [0, 0.05) is 35.5 Å². The van der Waals surface area contributed by atoms with E-state index in [4.69, 9.17) is 0 Å². The van der Waals surface area contributed by atoms with Gasteiger partial charge in [-0.2, -0.15) is 5.10 Å². The van der Waals surface area contributed by atoms with Crippen LogP contribution in [-0.2, 0) is 4.79 Å². The zero-order valence-corrected chi connectivity index (χ0v) is 17.6. The normalized spacial score (nSPS) is 35.5. The number of rotatable bonds is 2. The van der Waals surface area contributed by atoms with E-state index in [-0.39, 0.29) is 30.3 Å². The SMILES string of the molecule is O=C(c1ccc2cn[nH]c2c1)N1C2CCC([C@H]1C(=O)N1[C@H]3CC[C@H]1CC(O)C3)C(F)(F)C2. The summed E-state index contributed by atoms with van der Waals surface area (Å²) in [5, 5.41) is 17.8. The number of nitrogens with zero attached hydrogens (tertiary/aromatic N) is 3. The van der Waals surface area contributed by atoms with E-state index in [0.29, 0.717) is 30.3 Å². The molecule has 4 aliphatic heterocycles. The van der Waals surface area contributed by atoms with Gasteiger partial charge in [0.25, 0.3) is 11.8 Å². The first kappa shape index (κ1) is 20.1. The molecule has 1 saturated carbocycles. The van der Waals surface area contributed by atoms with Crippen molar-refractivity contribution in [1.82, 2.24) is 20.0 Å². The molecule has 2 N–H and O–H groups in total. The number of carbonyl (C=O) groups is 2. The van der Waals surface area contributed by atoms with Crippen molar-refractivity contribution in [2.45, 2.75) is 81.1 Å². The summed E-state index contributed by atoms with van der Waals surface area (Å²) in [4.78, 5) is 30.6. The van der Waals surface area contributed by atoms with Crippen molar-refractivity contribution in [2.75, 3.05) is 0 Å². The Morgan fingerprint density at radius 1 is 1.06 bits per heavy atom. The van der Waals surface area contributed by atoms with E-state index >= 15 is 0 Å². The molecule has 7 nitrogen and oxygen atoms in total. The first-order valence-electron chi connectivity index (χ1n) is 11.5. The van der Waals surface area contributed by atoms with Crippen LogP contribution in [0.1, 0.15) is 55.3 Å². The molecule has 0 radical (unpaired) electrons. The number of aromatic nitrogens is 2. The molecule has 2 amide bonds. The number of H-pyrrole nitrogens is 1. The molecule has 1 aliphatic carbocycles. The van der Waals surface area contributed by atoms with Crippen molar-refractivity contribution in [1.29, 1.82) is 0 Å². The lowest BCUT2D eigenvalue weighted by atomic mass is 9.71. The fraction of sp³-hybridized carbons (Fsp3) is 0.609. The van der Waals surface area contributed by atoms with Crippen LogP contribution in [0.4, 0.5) is 8.78 Å². The number of aromatic amines is 1. The van der Waals surface area contributed by atoms with Crippen molar-refractivity contribution in [2.24, 2.45) is 5.92 Å². The monoisotopic (exact) mass is 444 g/mol. The Balaban J connectivity index is 1.38. The number of amides is 2. The van der Waals surface area contributed by atoms with Crippen LogP contribution < -0.4 is 0 Å². The number of hydrogen-bond donors (Lipinski definition) is 2. The van der Waals surface area contributed by atoms with Crippen LogP contribution in [0.25, 0.3) is 10.9 Å². The van der Waals surface area contributed by atoms with E-state index in [1.807, 2.05) is 0 Å². The smallest absolute Gasteiger partial charge is 0.255 e. The molecule has 0 spiro atoms. The maximum atomic E-state index is 15.0. The number of fused-ring (bicyclic) bond motifs is 6. The molecule has 170 valence electrons. The number of carbonyl (C=O) groups excluding carboxylic acids is 2. The Morgan fingerprint density at radius 3 is 2.50 bits per heavy atom. The molecule has 5 fully saturated rings. The maximum Gasteiger partial charge on any atom is 0.255 e. The fourth-order valence-electron chi connectivity index (χ4n) is 6.66. The van der Waals surface area contributed by atoms with Gasteiger partial charge in [-0.3, -0.25) is 14.7 Å². The summed E-state index contributed by atoms with van der Waals surface area (Å²) in [6.45, 7) is 0. The minimum absolute atomic E-state index is 0.136. The lowest BCUT2D eigenvalue weighted by Gasteiger charge is -2.55. The van der Waals surface area contributed by atoms with E-state index in [1.54, 1.807) is 29.3 Å². The first-order valence-corrected chi connectivity index (χ1v) is 11.5. The average molecular weight is 444 g/mol. The zero-order chi connectivity index (χ0) is 22.2. The van der Waals surface area contributed by atoms with Gasteiger partial charge < -0.3 is 14.9 Å². The lowest BCUT2D eigenvalue weighted by molar-refractivity contribution is -0.187. The van der Waals surface area contributed by atoms with Gasteiger partial charge in [-0.05, 0) is 50.7 Å². The lowest BCUT2D eigenvalue weighted by Crippen LogP contribution is -2.69. The molecule has 1 aromatic heterocycles. The van der Waals surface area contributed by atoms with Crippen molar-refractivity contribution in [3.8, 4) is 0 Å².